The first-order valence-corrected chi connectivity index (χ1v) is 8.65. The summed E-state index contributed by atoms with van der Waals surface area (Å²) in [5.41, 5.74) is 2.36. The van der Waals surface area contributed by atoms with Crippen molar-refractivity contribution in [2.45, 2.75) is 31.7 Å². The molecule has 0 spiro atoms. The van der Waals surface area contributed by atoms with Crippen LogP contribution in [0.2, 0.25) is 0 Å². The molecule has 3 amide bonds. The van der Waals surface area contributed by atoms with Crippen LogP contribution in [0.15, 0.2) is 47.2 Å². The molecule has 1 unspecified atom stereocenters. The molecular weight excluding hydrogens is 316 g/mol. The van der Waals surface area contributed by atoms with Crippen LogP contribution in [0.25, 0.3) is 0 Å². The van der Waals surface area contributed by atoms with E-state index in [-0.39, 0.29) is 18.0 Å². The fourth-order valence-corrected chi connectivity index (χ4v) is 3.70. The van der Waals surface area contributed by atoms with Crippen LogP contribution in [0.3, 0.4) is 0 Å². The van der Waals surface area contributed by atoms with Crippen LogP contribution in [0.5, 0.6) is 0 Å². The predicted molar refractivity (Wildman–Crippen MR) is 96.6 cm³/mol. The molecule has 128 valence electrons. The van der Waals surface area contributed by atoms with Crippen molar-refractivity contribution in [1.82, 2.24) is 10.2 Å². The number of hydrogen-bond acceptors (Lipinski definition) is 3. The van der Waals surface area contributed by atoms with Crippen LogP contribution in [-0.4, -0.2) is 29.6 Å². The molecule has 3 aliphatic heterocycles. The molecule has 1 saturated heterocycles. The highest BCUT2D eigenvalue weighted by atomic mass is 16.2. The van der Waals surface area contributed by atoms with Gasteiger partial charge < -0.3 is 10.2 Å². The number of carbonyl (C=O) groups is 2. The highest BCUT2D eigenvalue weighted by molar-refractivity contribution is 6.03. The average molecular weight is 336 g/mol. The van der Waals surface area contributed by atoms with E-state index in [1.165, 1.54) is 0 Å². The van der Waals surface area contributed by atoms with Gasteiger partial charge in [-0.2, -0.15) is 0 Å². The number of benzene rings is 1. The highest BCUT2D eigenvalue weighted by Gasteiger charge is 2.39. The lowest BCUT2D eigenvalue weighted by Crippen LogP contribution is -2.32. The Hall–Kier alpha value is -2.89. The lowest BCUT2D eigenvalue weighted by molar-refractivity contribution is 0.0672. The van der Waals surface area contributed by atoms with E-state index in [1.54, 1.807) is 6.21 Å². The quantitative estimate of drug-likeness (QED) is 0.869. The maximum absolute atomic E-state index is 12.6. The second-order valence-electron chi connectivity index (χ2n) is 6.39. The van der Waals surface area contributed by atoms with Crippen LogP contribution in [-0.2, 0) is 0 Å². The molecule has 0 bridgehead atoms. The molecule has 25 heavy (non-hydrogen) atoms. The first kappa shape index (κ1) is 15.6. The molecular formula is C19H20N4O2. The van der Waals surface area contributed by atoms with Crippen molar-refractivity contribution in [3.05, 3.63) is 53.4 Å². The first-order valence-electron chi connectivity index (χ1n) is 8.65. The Balaban J connectivity index is 1.55. The van der Waals surface area contributed by atoms with E-state index < -0.39 is 0 Å². The van der Waals surface area contributed by atoms with Crippen molar-refractivity contribution in [1.29, 1.82) is 0 Å². The fourth-order valence-electron chi connectivity index (χ4n) is 3.70. The van der Waals surface area contributed by atoms with Gasteiger partial charge in [-0.05, 0) is 50.0 Å². The number of anilines is 1. The zero-order chi connectivity index (χ0) is 17.2. The minimum Gasteiger partial charge on any atom is -0.331 e. The molecule has 1 fully saturated rings. The Morgan fingerprint density at radius 1 is 1.24 bits per heavy atom. The standard InChI is InChI=1S/C19H20N4O2/c24-18-13-7-6-8-14(17(13)15-9-3-5-12-23(15)18)21-19(25)22-16-10-2-1-4-11-20-16/h1,4,6-8,10-11,15H,2-3,5,9,12H2,(H2,21,22,25). The minimum absolute atomic E-state index is 0.0749. The number of nitrogens with zero attached hydrogens (tertiary/aromatic N) is 2. The normalized spacial score (nSPS) is 21.3. The third-order valence-electron chi connectivity index (χ3n) is 4.81. The number of nitrogens with one attached hydrogen (secondary N) is 2. The number of piperidine rings is 1. The molecule has 3 aliphatic rings. The summed E-state index contributed by atoms with van der Waals surface area (Å²) in [5.74, 6) is 0.594. The van der Waals surface area contributed by atoms with E-state index in [0.717, 1.165) is 37.8 Å². The van der Waals surface area contributed by atoms with Crippen LogP contribution >= 0.6 is 0 Å². The van der Waals surface area contributed by atoms with Crippen molar-refractivity contribution in [2.24, 2.45) is 4.99 Å². The summed E-state index contributed by atoms with van der Waals surface area (Å²) < 4.78 is 0. The summed E-state index contributed by atoms with van der Waals surface area (Å²) in [7, 11) is 0. The van der Waals surface area contributed by atoms with E-state index in [4.69, 9.17) is 0 Å². The summed E-state index contributed by atoms with van der Waals surface area (Å²) in [4.78, 5) is 31.1. The zero-order valence-corrected chi connectivity index (χ0v) is 13.9. The van der Waals surface area contributed by atoms with Crippen molar-refractivity contribution in [3.8, 4) is 0 Å². The third-order valence-corrected chi connectivity index (χ3v) is 4.81. The van der Waals surface area contributed by atoms with Crippen LogP contribution in [0, 0.1) is 0 Å². The Labute approximate surface area is 146 Å². The number of urea groups is 1. The van der Waals surface area contributed by atoms with Gasteiger partial charge in [-0.3, -0.25) is 10.1 Å². The van der Waals surface area contributed by atoms with Crippen LogP contribution in [0.4, 0.5) is 10.5 Å². The topological polar surface area (TPSA) is 73.8 Å². The van der Waals surface area contributed by atoms with Gasteiger partial charge in [-0.15, -0.1) is 0 Å². The molecule has 6 nitrogen and oxygen atoms in total. The van der Waals surface area contributed by atoms with Crippen molar-refractivity contribution >= 4 is 23.8 Å². The Morgan fingerprint density at radius 2 is 2.16 bits per heavy atom. The minimum atomic E-state index is -0.347. The van der Waals surface area contributed by atoms with Gasteiger partial charge >= 0.3 is 6.03 Å². The first-order chi connectivity index (χ1) is 12.2. The van der Waals surface area contributed by atoms with Gasteiger partial charge in [0, 0.05) is 29.6 Å². The van der Waals surface area contributed by atoms with Gasteiger partial charge in [0.15, 0.2) is 0 Å². The number of fused-ring (bicyclic) bond motifs is 3. The summed E-state index contributed by atoms with van der Waals surface area (Å²) in [6.07, 6.45) is 11.1. The zero-order valence-electron chi connectivity index (χ0n) is 13.9. The molecule has 1 aromatic rings. The van der Waals surface area contributed by atoms with Crippen molar-refractivity contribution in [2.75, 3.05) is 11.9 Å². The number of aliphatic imine (C=N–C) groups is 1. The van der Waals surface area contributed by atoms with E-state index >= 15 is 0 Å². The van der Waals surface area contributed by atoms with Crippen LogP contribution < -0.4 is 10.6 Å². The maximum Gasteiger partial charge on any atom is 0.324 e. The van der Waals surface area contributed by atoms with Gasteiger partial charge in [0.25, 0.3) is 5.91 Å². The molecule has 0 saturated carbocycles. The molecule has 1 aromatic carbocycles. The predicted octanol–water partition coefficient (Wildman–Crippen LogP) is 3.36. The van der Waals surface area contributed by atoms with E-state index in [1.807, 2.05) is 41.3 Å². The number of carbonyl (C=O) groups excluding carboxylic acids is 2. The summed E-state index contributed by atoms with van der Waals surface area (Å²) in [6, 6.07) is 5.25. The number of amides is 3. The lowest BCUT2D eigenvalue weighted by atomic mass is 9.96. The van der Waals surface area contributed by atoms with E-state index in [0.29, 0.717) is 17.1 Å². The second-order valence-corrected chi connectivity index (χ2v) is 6.39. The smallest absolute Gasteiger partial charge is 0.324 e. The summed E-state index contributed by atoms with van der Waals surface area (Å²) in [6.45, 7) is 0.790. The summed E-state index contributed by atoms with van der Waals surface area (Å²) in [5, 5.41) is 5.66. The molecule has 1 atom stereocenters. The highest BCUT2D eigenvalue weighted by Crippen LogP contribution is 2.43. The summed E-state index contributed by atoms with van der Waals surface area (Å²) >= 11 is 0. The van der Waals surface area contributed by atoms with Crippen molar-refractivity contribution < 1.29 is 9.59 Å². The van der Waals surface area contributed by atoms with Gasteiger partial charge in [0.05, 0.1) is 6.04 Å². The Morgan fingerprint density at radius 3 is 3.08 bits per heavy atom. The second kappa shape index (κ2) is 6.55. The number of hydrogen-bond donors (Lipinski definition) is 2. The molecule has 0 radical (unpaired) electrons. The molecule has 6 heteroatoms. The van der Waals surface area contributed by atoms with E-state index in [2.05, 4.69) is 15.6 Å². The largest absolute Gasteiger partial charge is 0.331 e. The fraction of sp³-hybridized carbons (Fsp3) is 0.316. The maximum atomic E-state index is 12.6. The van der Waals surface area contributed by atoms with Crippen LogP contribution in [0.1, 0.15) is 47.6 Å². The molecule has 4 rings (SSSR count). The third kappa shape index (κ3) is 2.95. The Bertz CT molecular complexity index is 810. The number of allylic oxidation sites excluding steroid dienone is 3. The van der Waals surface area contributed by atoms with Crippen molar-refractivity contribution in [3.63, 3.8) is 0 Å². The molecule has 0 aliphatic carbocycles. The van der Waals surface area contributed by atoms with Gasteiger partial charge in [-0.1, -0.05) is 12.1 Å². The van der Waals surface area contributed by atoms with Gasteiger partial charge in [0.2, 0.25) is 0 Å². The Kier molecular flexibility index (Phi) is 4.09. The molecule has 0 aromatic heterocycles. The van der Waals surface area contributed by atoms with Gasteiger partial charge in [-0.25, -0.2) is 9.79 Å². The average Bonchev–Trinajstić information content (AvgIpc) is 2.77. The van der Waals surface area contributed by atoms with Gasteiger partial charge in [0.1, 0.15) is 5.82 Å². The van der Waals surface area contributed by atoms with E-state index in [9.17, 15) is 9.59 Å². The molecule has 2 N–H and O–H groups in total. The lowest BCUT2D eigenvalue weighted by Gasteiger charge is -2.30. The number of rotatable bonds is 2. The molecule has 3 heterocycles. The monoisotopic (exact) mass is 336 g/mol. The SMILES string of the molecule is O=C(NC1=CCC=CC=N1)Nc1cccc2c1C1CCCCN1C2=O.